The van der Waals surface area contributed by atoms with Gasteiger partial charge < -0.3 is 79.5 Å². The Morgan fingerprint density at radius 3 is 1.92 bits per heavy atom. The van der Waals surface area contributed by atoms with Gasteiger partial charge in [0.1, 0.15) is 29.9 Å². The maximum absolute atomic E-state index is 14.2. The highest BCUT2D eigenvalue weighted by atomic mass is 16.7. The summed E-state index contributed by atoms with van der Waals surface area (Å²) in [5.41, 5.74) is -5.60. The zero-order chi connectivity index (χ0) is 57.6. The molecule has 3 aromatic carbocycles. The number of hydrogen-bond donors (Lipinski definition) is 12. The van der Waals surface area contributed by atoms with Gasteiger partial charge in [-0.15, -0.1) is 0 Å². The van der Waals surface area contributed by atoms with Gasteiger partial charge in [0, 0.05) is 41.1 Å². The number of unbranched alkanes of at least 4 members (excludes halogenated alkanes) is 2. The number of fused-ring (bicyclic) bond motifs is 5. The molecule has 0 aromatic heterocycles. The van der Waals surface area contributed by atoms with Crippen molar-refractivity contribution in [2.24, 2.45) is 28.6 Å². The molecule has 0 radical (unpaired) electrons. The summed E-state index contributed by atoms with van der Waals surface area (Å²) < 4.78 is 39.1. The minimum absolute atomic E-state index is 0.0485. The second-order valence-corrected chi connectivity index (χ2v) is 23.5. The Morgan fingerprint density at radius 2 is 1.37 bits per heavy atom. The SMILES string of the molecule is CCCCCC(N[C@@H](O)CCC[C@@H](O)O[C@H]([C@H](O)O[C@@H]1C[C@]2(O)[C@H](O[C@H](O)c3ccccc3)[C@H]3[C@@]4(O[C@H](C)O)CO[C@H]4C[C@@H](O)[C@]3(C)[C@@H](O)[C@@H](O[C@@H](C)O)[C@@H](C1C)C2(C)C)[C@H](N[C@@H](O)c1ccccc1)c1ccccc1)C(C)=O. The van der Waals surface area contributed by atoms with Crippen molar-refractivity contribution in [1.29, 1.82) is 0 Å². The highest BCUT2D eigenvalue weighted by Crippen LogP contribution is 2.67. The second kappa shape index (κ2) is 26.9. The summed E-state index contributed by atoms with van der Waals surface area (Å²) in [7, 11) is 0. The number of carbonyl (C=O) groups is 1. The van der Waals surface area contributed by atoms with Crippen molar-refractivity contribution >= 4 is 5.78 Å². The molecule has 19 nitrogen and oxygen atoms in total. The highest BCUT2D eigenvalue weighted by Gasteiger charge is 2.78. The molecular weight excluding hydrogens is 1020 g/mol. The van der Waals surface area contributed by atoms with Gasteiger partial charge in [-0.1, -0.05) is 145 Å². The Hall–Kier alpha value is -3.39. The van der Waals surface area contributed by atoms with E-state index >= 15 is 0 Å². The number of rotatable bonds is 28. The van der Waals surface area contributed by atoms with Gasteiger partial charge in [0.15, 0.2) is 31.5 Å². The Bertz CT molecular complexity index is 2340. The Kier molecular flexibility index (Phi) is 21.5. The van der Waals surface area contributed by atoms with Crippen LogP contribution in [0.15, 0.2) is 91.0 Å². The molecule has 22 atom stereocenters. The van der Waals surface area contributed by atoms with E-state index in [0.29, 0.717) is 23.1 Å². The molecular formula is C60H90N2O17. The van der Waals surface area contributed by atoms with Crippen LogP contribution in [-0.4, -0.2) is 155 Å². The van der Waals surface area contributed by atoms with Gasteiger partial charge in [-0.2, -0.15) is 0 Å². The molecule has 4 aliphatic rings. The maximum atomic E-state index is 14.2. The molecule has 2 bridgehead atoms. The number of aliphatic hydroxyl groups excluding tert-OH is 9. The van der Waals surface area contributed by atoms with E-state index in [1.165, 1.54) is 20.8 Å². The molecule has 0 spiro atoms. The number of Topliss-reactive ketones (excluding diaryl/α,β-unsaturated/α-hetero) is 1. The second-order valence-electron chi connectivity index (χ2n) is 23.5. The first kappa shape index (κ1) is 63.2. The fourth-order valence-electron chi connectivity index (χ4n) is 13.7. The lowest BCUT2D eigenvalue weighted by atomic mass is 9.42. The number of ketones is 1. The van der Waals surface area contributed by atoms with E-state index in [4.69, 9.17) is 28.4 Å². The molecule has 1 aliphatic heterocycles. The molecule has 19 heteroatoms. The highest BCUT2D eigenvalue weighted by molar-refractivity contribution is 5.81. The summed E-state index contributed by atoms with van der Waals surface area (Å²) in [6, 6.07) is 24.4. The van der Waals surface area contributed by atoms with Gasteiger partial charge >= 0.3 is 0 Å². The van der Waals surface area contributed by atoms with E-state index in [1.807, 2.05) is 0 Å². The Labute approximate surface area is 465 Å². The first-order valence-corrected chi connectivity index (χ1v) is 28.3. The van der Waals surface area contributed by atoms with Crippen LogP contribution in [-0.2, 0) is 33.2 Å². The van der Waals surface area contributed by atoms with Gasteiger partial charge in [-0.3, -0.25) is 15.4 Å². The topological polar surface area (TPSA) is 299 Å². The third-order valence-electron chi connectivity index (χ3n) is 18.0. The fraction of sp³-hybridized carbons (Fsp3) is 0.683. The lowest BCUT2D eigenvalue weighted by Crippen LogP contribution is -2.83. The lowest BCUT2D eigenvalue weighted by Gasteiger charge is -2.71. The number of aliphatic hydroxyl groups is 10. The van der Waals surface area contributed by atoms with E-state index in [9.17, 15) is 55.9 Å². The van der Waals surface area contributed by atoms with Crippen LogP contribution in [0, 0.1) is 28.6 Å². The van der Waals surface area contributed by atoms with Crippen LogP contribution < -0.4 is 10.6 Å². The lowest BCUT2D eigenvalue weighted by molar-refractivity contribution is -0.420. The van der Waals surface area contributed by atoms with Crippen LogP contribution in [0.4, 0.5) is 0 Å². The average molecular weight is 1110 g/mol. The fourth-order valence-corrected chi connectivity index (χ4v) is 13.7. The summed E-state index contributed by atoms with van der Waals surface area (Å²) in [4.78, 5) is 12.5. The molecule has 442 valence electrons. The van der Waals surface area contributed by atoms with Crippen LogP contribution in [0.5, 0.6) is 0 Å². The first-order valence-electron chi connectivity index (χ1n) is 28.3. The molecule has 1 saturated heterocycles. The third-order valence-corrected chi connectivity index (χ3v) is 18.0. The molecule has 7 rings (SSSR count). The predicted octanol–water partition coefficient (Wildman–Crippen LogP) is 4.50. The van der Waals surface area contributed by atoms with E-state index in [2.05, 4.69) is 17.6 Å². The Morgan fingerprint density at radius 1 is 0.759 bits per heavy atom. The summed E-state index contributed by atoms with van der Waals surface area (Å²) in [6.45, 7) is 13.1. The monoisotopic (exact) mass is 1110 g/mol. The number of benzene rings is 3. The van der Waals surface area contributed by atoms with Gasteiger partial charge in [0.2, 0.25) is 0 Å². The van der Waals surface area contributed by atoms with Crippen molar-refractivity contribution in [1.82, 2.24) is 10.6 Å². The first-order chi connectivity index (χ1) is 37.4. The van der Waals surface area contributed by atoms with Crippen LogP contribution >= 0.6 is 0 Å². The molecule has 0 amide bonds. The maximum Gasteiger partial charge on any atom is 0.183 e. The normalized spacial score (nSPS) is 34.1. The Balaban J connectivity index is 1.31. The molecule has 2 unspecified atom stereocenters. The molecule has 1 heterocycles. The van der Waals surface area contributed by atoms with Crippen LogP contribution in [0.25, 0.3) is 0 Å². The number of hydrogen-bond acceptors (Lipinski definition) is 19. The summed E-state index contributed by atoms with van der Waals surface area (Å²) in [6.07, 6.45) is -17.2. The molecule has 3 aliphatic carbocycles. The zero-order valence-corrected chi connectivity index (χ0v) is 47.0. The summed E-state index contributed by atoms with van der Waals surface area (Å²) in [5, 5.41) is 128. The molecule has 12 N–H and O–H groups in total. The van der Waals surface area contributed by atoms with Gasteiger partial charge in [0.05, 0.1) is 60.9 Å². The van der Waals surface area contributed by atoms with Crippen molar-refractivity contribution in [3.05, 3.63) is 108 Å². The number of nitrogens with one attached hydrogen (secondary N) is 2. The quantitative estimate of drug-likeness (QED) is 0.0352. The van der Waals surface area contributed by atoms with Crippen LogP contribution in [0.1, 0.15) is 148 Å². The summed E-state index contributed by atoms with van der Waals surface area (Å²) in [5.74, 6) is -3.20. The minimum atomic E-state index is -2.20. The van der Waals surface area contributed by atoms with Crippen molar-refractivity contribution in [3.63, 3.8) is 0 Å². The zero-order valence-electron chi connectivity index (χ0n) is 47.0. The van der Waals surface area contributed by atoms with Gasteiger partial charge in [-0.05, 0) is 63.5 Å². The van der Waals surface area contributed by atoms with Crippen molar-refractivity contribution < 1.29 is 84.3 Å². The number of carbonyl (C=O) groups excluding carboxylic acids is 1. The average Bonchev–Trinajstić information content (AvgIpc) is 3.41. The van der Waals surface area contributed by atoms with E-state index < -0.39 is 139 Å². The standard InChI is InChI=1S/C60H90N2O17/c1-9-10-14-28-41(35(3)63)61-45(67)29-21-30-46(68)77-50(48(38-22-15-11-16-23-38)62-54(70)39-24-17-12-18-25-39)56(72)76-42-32-60(73)53(78-55(71)40-26-19-13-20-27-40)51-58(8,43(66)31-44-59(51,33-74-44)79-37(5)65)52(69)49(75-36(4)64)47(34(42)2)57(60,6)7/h11-13,15-20,22-27,34,36-37,41-56,61-62,64-73H,9-10,14,21,28-33H2,1-8H3/t34?,36-,37+,41?,42+,43+,44-,45-,46-,47+,48+,49-,50-,51+,52-,53+,54-,55-,56+,58-,59+,60-/m0/s1. The molecule has 3 aromatic rings. The smallest absolute Gasteiger partial charge is 0.183 e. The molecule has 79 heavy (non-hydrogen) atoms. The van der Waals surface area contributed by atoms with Crippen molar-refractivity contribution in [2.75, 3.05) is 6.61 Å². The van der Waals surface area contributed by atoms with Gasteiger partial charge in [0.25, 0.3) is 0 Å². The van der Waals surface area contributed by atoms with Gasteiger partial charge in [-0.25, -0.2) is 0 Å². The number of ether oxygens (including phenoxy) is 6. The predicted molar refractivity (Wildman–Crippen MR) is 289 cm³/mol. The largest absolute Gasteiger partial charge is 0.392 e. The van der Waals surface area contributed by atoms with Crippen molar-refractivity contribution in [2.45, 2.75) is 223 Å². The van der Waals surface area contributed by atoms with Crippen molar-refractivity contribution in [3.8, 4) is 0 Å². The van der Waals surface area contributed by atoms with E-state index in [0.717, 1.165) is 19.3 Å². The van der Waals surface area contributed by atoms with Crippen LogP contribution in [0.3, 0.4) is 0 Å². The minimum Gasteiger partial charge on any atom is -0.392 e. The molecule has 4 fully saturated rings. The van der Waals surface area contributed by atoms with Crippen LogP contribution in [0.2, 0.25) is 0 Å². The van der Waals surface area contributed by atoms with E-state index in [1.54, 1.807) is 119 Å². The third kappa shape index (κ3) is 13.5. The van der Waals surface area contributed by atoms with E-state index in [-0.39, 0.29) is 44.5 Å². The molecule has 3 saturated carbocycles. The summed E-state index contributed by atoms with van der Waals surface area (Å²) >= 11 is 0.